The van der Waals surface area contributed by atoms with Gasteiger partial charge in [-0.15, -0.1) is 47.9 Å². The summed E-state index contributed by atoms with van der Waals surface area (Å²) < 4.78 is 6.03. The van der Waals surface area contributed by atoms with Crippen molar-refractivity contribution in [2.75, 3.05) is 24.0 Å². The summed E-state index contributed by atoms with van der Waals surface area (Å²) in [7, 11) is 0. The van der Waals surface area contributed by atoms with Crippen LogP contribution < -0.4 is 16.2 Å². The van der Waals surface area contributed by atoms with Crippen LogP contribution >= 0.6 is 47.9 Å². The Morgan fingerprint density at radius 3 is 1.92 bits per heavy atom. The molecule has 5 aromatic rings. The number of nitrogen functional groups attached to an aromatic ring is 2. The van der Waals surface area contributed by atoms with Gasteiger partial charge in [-0.3, -0.25) is 4.79 Å². The normalized spacial score (nSPS) is 11.5. The molecule has 4 aromatic carbocycles. The molecule has 0 radical (unpaired) electrons. The summed E-state index contributed by atoms with van der Waals surface area (Å²) in [5.41, 5.74) is 16.9. The Bertz CT molecular complexity index is 2110. The lowest BCUT2D eigenvalue weighted by Crippen LogP contribution is -2.15. The van der Waals surface area contributed by atoms with Gasteiger partial charge in [0, 0.05) is 25.1 Å². The number of hydrogen-bond acceptors (Lipinski definition) is 13. The molecule has 6 rings (SSSR count). The summed E-state index contributed by atoms with van der Waals surface area (Å²) in [4.78, 5) is 19.1. The monoisotopic (exact) mass is 780 g/mol. The number of aromatic hydroxyl groups is 1. The second kappa shape index (κ2) is 22.0. The number of aromatic nitrogens is 1. The van der Waals surface area contributed by atoms with Crippen LogP contribution in [-0.2, 0) is 0 Å². The number of pyridine rings is 1. The number of benzene rings is 4. The maximum atomic E-state index is 10.2. The van der Waals surface area contributed by atoms with E-state index in [1.807, 2.05) is 44.2 Å². The van der Waals surface area contributed by atoms with Crippen molar-refractivity contribution in [3.05, 3.63) is 118 Å². The van der Waals surface area contributed by atoms with Crippen molar-refractivity contribution in [2.45, 2.75) is 52.5 Å². The standard InChI is InChI=1S/C21H18N4OS2.C8H8O2.C7H8S2.C3H2N2.CH4/c1-11-3-8-14-16(9-11)26-21-17(18(23)15(10-22)20(24)25-21)19(14)28-13-6-4-12(27-2)5-7-13;1-6-2-3-7(5-9)8(10)4-6;1-9-7-4-2-6(8)3-5-7;4-2-1-3-5;/h3-9,19H,1-2H3,(H4,23,24,25);2-5,10H,1H3;2-5,8H,1H3;1H2;1H4. The van der Waals surface area contributed by atoms with Crippen LogP contribution in [0.3, 0.4) is 0 Å². The zero-order valence-corrected chi connectivity index (χ0v) is 32.2. The number of carbonyl (C=O) groups excluding carboxylic acids is 1. The molecular weight excluding hydrogens is 741 g/mol. The SMILES string of the molecule is C.CSc1ccc(S)cc1.CSc1ccc(SC2c3ccc(C)cc3Oc3nc(N)c(C#N)c(N)c32)cc1.Cc1ccc(C=O)c(O)c1.N#CCC#N. The van der Waals surface area contributed by atoms with Gasteiger partial charge in [0.25, 0.3) is 0 Å². The van der Waals surface area contributed by atoms with Crippen molar-refractivity contribution in [1.82, 2.24) is 4.98 Å². The van der Waals surface area contributed by atoms with Crippen molar-refractivity contribution in [3.63, 3.8) is 0 Å². The van der Waals surface area contributed by atoms with Crippen molar-refractivity contribution in [1.29, 1.82) is 15.8 Å². The van der Waals surface area contributed by atoms with Gasteiger partial charge in [-0.05, 0) is 104 Å². The predicted molar refractivity (Wildman–Crippen MR) is 221 cm³/mol. The molecule has 13 heteroatoms. The molecular formula is C40H40N6O3S4. The molecule has 0 aliphatic carbocycles. The first kappa shape index (κ1) is 43.9. The minimum absolute atomic E-state index is 0. The van der Waals surface area contributed by atoms with Gasteiger partial charge in [0.1, 0.15) is 35.4 Å². The Morgan fingerprint density at radius 2 is 1.42 bits per heavy atom. The molecule has 1 aliphatic heterocycles. The fourth-order valence-electron chi connectivity index (χ4n) is 4.55. The van der Waals surface area contributed by atoms with E-state index in [1.165, 1.54) is 9.79 Å². The Kier molecular flexibility index (Phi) is 18.2. The Labute approximate surface area is 329 Å². The summed E-state index contributed by atoms with van der Waals surface area (Å²) in [6, 6.07) is 32.9. The fourth-order valence-corrected chi connectivity index (χ4v) is 6.75. The van der Waals surface area contributed by atoms with E-state index in [0.29, 0.717) is 29.0 Å². The van der Waals surface area contributed by atoms with Gasteiger partial charge in [0.15, 0.2) is 6.29 Å². The Morgan fingerprint density at radius 1 is 0.868 bits per heavy atom. The van der Waals surface area contributed by atoms with E-state index in [2.05, 4.69) is 72.6 Å². The van der Waals surface area contributed by atoms with Gasteiger partial charge >= 0.3 is 0 Å². The zero-order chi connectivity index (χ0) is 38.2. The molecule has 1 aromatic heterocycles. The highest BCUT2D eigenvalue weighted by Gasteiger charge is 2.33. The molecule has 5 N–H and O–H groups in total. The van der Waals surface area contributed by atoms with Gasteiger partial charge in [-0.1, -0.05) is 25.6 Å². The minimum atomic E-state index is -0.153. The van der Waals surface area contributed by atoms with E-state index in [0.717, 1.165) is 32.2 Å². The van der Waals surface area contributed by atoms with E-state index < -0.39 is 0 Å². The first-order valence-corrected chi connectivity index (χ1v) is 19.2. The highest BCUT2D eigenvalue weighted by Crippen LogP contribution is 2.54. The number of aldehydes is 1. The van der Waals surface area contributed by atoms with Crippen LogP contribution in [0.2, 0.25) is 0 Å². The van der Waals surface area contributed by atoms with Crippen molar-refractivity contribution in [3.8, 4) is 35.6 Å². The number of phenolic OH excluding ortho intramolecular Hbond substituents is 1. The third-order valence-corrected chi connectivity index (χ3v) is 10.2. The summed E-state index contributed by atoms with van der Waals surface area (Å²) in [5.74, 6) is 1.24. The van der Waals surface area contributed by atoms with Gasteiger partial charge in [-0.2, -0.15) is 20.8 Å². The fraction of sp³-hybridized carbons (Fsp3) is 0.175. The summed E-state index contributed by atoms with van der Waals surface area (Å²) >= 11 is 9.26. The largest absolute Gasteiger partial charge is 0.507 e. The Hall–Kier alpha value is -5.23. The smallest absolute Gasteiger partial charge is 0.228 e. The molecule has 0 fully saturated rings. The molecule has 0 saturated carbocycles. The van der Waals surface area contributed by atoms with Gasteiger partial charge in [0.05, 0.1) is 34.2 Å². The number of thiol groups is 1. The minimum Gasteiger partial charge on any atom is -0.507 e. The molecule has 1 aliphatic rings. The lowest BCUT2D eigenvalue weighted by Gasteiger charge is -2.29. The second-order valence-corrected chi connectivity index (χ2v) is 14.3. The number of carbonyl (C=O) groups is 1. The number of aryl methyl sites for hydroxylation is 2. The maximum absolute atomic E-state index is 10.2. The number of fused-ring (bicyclic) bond motifs is 2. The van der Waals surface area contributed by atoms with Crippen LogP contribution in [0.25, 0.3) is 0 Å². The quantitative estimate of drug-likeness (QED) is 0.0753. The molecule has 53 heavy (non-hydrogen) atoms. The number of ether oxygens (including phenoxy) is 1. The first-order chi connectivity index (χ1) is 25.0. The molecule has 0 bridgehead atoms. The second-order valence-electron chi connectivity index (χ2n) is 10.8. The number of nitriles is 3. The third kappa shape index (κ3) is 12.5. The molecule has 1 unspecified atom stereocenters. The van der Waals surface area contributed by atoms with E-state index >= 15 is 0 Å². The van der Waals surface area contributed by atoms with Gasteiger partial charge in [-0.25, -0.2) is 0 Å². The highest BCUT2D eigenvalue weighted by atomic mass is 32.2. The summed E-state index contributed by atoms with van der Waals surface area (Å²) in [6.45, 7) is 3.87. The van der Waals surface area contributed by atoms with Crippen LogP contribution in [0, 0.1) is 47.8 Å². The van der Waals surface area contributed by atoms with Crippen LogP contribution in [0.5, 0.6) is 17.4 Å². The highest BCUT2D eigenvalue weighted by molar-refractivity contribution is 8.00. The van der Waals surface area contributed by atoms with Crippen molar-refractivity contribution < 1.29 is 14.6 Å². The van der Waals surface area contributed by atoms with Crippen LogP contribution in [0.1, 0.15) is 57.3 Å². The Balaban J connectivity index is 0.000000317. The number of thioether (sulfide) groups is 3. The first-order valence-electron chi connectivity index (χ1n) is 15.4. The van der Waals surface area contributed by atoms with Gasteiger partial charge < -0.3 is 21.3 Å². The number of anilines is 2. The molecule has 9 nitrogen and oxygen atoms in total. The number of hydrogen-bond donors (Lipinski definition) is 4. The van der Waals surface area contributed by atoms with E-state index in [4.69, 9.17) is 31.8 Å². The van der Waals surface area contributed by atoms with Crippen molar-refractivity contribution in [2.24, 2.45) is 0 Å². The average molecular weight is 781 g/mol. The number of nitrogens with zero attached hydrogens (tertiary/aromatic N) is 4. The lowest BCUT2D eigenvalue weighted by molar-refractivity contribution is 0.112. The maximum Gasteiger partial charge on any atom is 0.228 e. The number of nitrogens with two attached hydrogens (primary N) is 2. The van der Waals surface area contributed by atoms with E-state index in [9.17, 15) is 10.1 Å². The molecule has 272 valence electrons. The van der Waals surface area contributed by atoms with Gasteiger partial charge in [0.2, 0.25) is 5.88 Å². The van der Waals surface area contributed by atoms with Crippen molar-refractivity contribution >= 4 is 65.7 Å². The molecule has 2 heterocycles. The van der Waals surface area contributed by atoms with Crippen LogP contribution in [0.4, 0.5) is 11.5 Å². The number of rotatable bonds is 5. The zero-order valence-electron chi connectivity index (χ0n) is 28.8. The number of phenols is 1. The molecule has 0 amide bonds. The molecule has 0 spiro atoms. The average Bonchev–Trinajstić information content (AvgIpc) is 3.13. The van der Waals surface area contributed by atoms with E-state index in [1.54, 1.807) is 65.6 Å². The topological polar surface area (TPSA) is 183 Å². The van der Waals surface area contributed by atoms with Crippen LogP contribution in [0.15, 0.2) is 105 Å². The predicted octanol–water partition coefficient (Wildman–Crippen LogP) is 10.4. The van der Waals surface area contributed by atoms with Crippen LogP contribution in [-0.4, -0.2) is 28.9 Å². The summed E-state index contributed by atoms with van der Waals surface area (Å²) in [5, 5.41) is 33.6. The third-order valence-electron chi connectivity index (χ3n) is 7.16. The summed E-state index contributed by atoms with van der Waals surface area (Å²) in [6.07, 6.45) is 4.75. The van der Waals surface area contributed by atoms with E-state index in [-0.39, 0.29) is 36.2 Å². The lowest BCUT2D eigenvalue weighted by atomic mass is 9.97. The molecule has 1 atom stereocenters. The molecule has 0 saturated heterocycles.